The molecule has 0 aliphatic rings. The predicted octanol–water partition coefficient (Wildman–Crippen LogP) is 5.44. The van der Waals surface area contributed by atoms with E-state index in [1.807, 2.05) is 61.5 Å². The van der Waals surface area contributed by atoms with Crippen LogP contribution < -0.4 is 19.1 Å². The molecular formula is C34H36BrN3O6S. The molecule has 0 saturated carbocycles. The number of carbonyl (C=O) groups excluding carboxylic acids is 2. The van der Waals surface area contributed by atoms with Gasteiger partial charge in [-0.15, -0.1) is 0 Å². The molecule has 0 aliphatic carbocycles. The molecule has 4 aromatic rings. The maximum Gasteiger partial charge on any atom is 0.264 e. The number of rotatable bonds is 14. The van der Waals surface area contributed by atoms with Gasteiger partial charge in [-0.3, -0.25) is 13.9 Å². The van der Waals surface area contributed by atoms with Gasteiger partial charge < -0.3 is 19.7 Å². The molecule has 1 unspecified atom stereocenters. The molecule has 0 bridgehead atoms. The standard InChI is InChI=1S/C34H36BrN3O6S/c1-4-36-34(40)31(22-25-10-6-5-7-11-25)37(23-26-14-16-27(35)17-15-26)33(39)24-38(30-12-8-9-13-32(30)44-3)45(41,42)29-20-18-28(43-2)19-21-29/h5-21,31H,4,22-24H2,1-3H3,(H,36,40). The lowest BCUT2D eigenvalue weighted by atomic mass is 10.0. The average Bonchev–Trinajstić information content (AvgIpc) is 3.06. The largest absolute Gasteiger partial charge is 0.497 e. The summed E-state index contributed by atoms with van der Waals surface area (Å²) in [5.74, 6) is -0.145. The lowest BCUT2D eigenvalue weighted by Gasteiger charge is -2.34. The number of nitrogens with one attached hydrogen (secondary N) is 1. The van der Waals surface area contributed by atoms with Gasteiger partial charge in [0, 0.05) is 24.0 Å². The van der Waals surface area contributed by atoms with Gasteiger partial charge in [0.15, 0.2) is 0 Å². The highest BCUT2D eigenvalue weighted by Gasteiger charge is 2.35. The summed E-state index contributed by atoms with van der Waals surface area (Å²) in [6.07, 6.45) is 0.231. The van der Waals surface area contributed by atoms with Crippen LogP contribution in [-0.2, 0) is 32.6 Å². The molecule has 0 saturated heterocycles. The Morgan fingerprint density at radius 1 is 0.822 bits per heavy atom. The first-order chi connectivity index (χ1) is 21.7. The van der Waals surface area contributed by atoms with E-state index in [-0.39, 0.29) is 35.2 Å². The zero-order valence-electron chi connectivity index (χ0n) is 25.4. The Bertz CT molecular complexity index is 1680. The Balaban J connectivity index is 1.81. The minimum absolute atomic E-state index is 0.0361. The lowest BCUT2D eigenvalue weighted by molar-refractivity contribution is -0.140. The number of halogens is 1. The number of hydrogen-bond donors (Lipinski definition) is 1. The van der Waals surface area contributed by atoms with Crippen LogP contribution in [0.25, 0.3) is 0 Å². The second-order valence-electron chi connectivity index (χ2n) is 10.1. The number of nitrogens with zero attached hydrogens (tertiary/aromatic N) is 2. The molecule has 1 N–H and O–H groups in total. The van der Waals surface area contributed by atoms with E-state index in [1.54, 1.807) is 36.4 Å². The summed E-state index contributed by atoms with van der Waals surface area (Å²) in [6, 6.07) is 28.4. The SMILES string of the molecule is CCNC(=O)C(Cc1ccccc1)N(Cc1ccc(Br)cc1)C(=O)CN(c1ccccc1OC)S(=O)(=O)c1ccc(OC)cc1. The van der Waals surface area contributed by atoms with E-state index >= 15 is 0 Å². The van der Waals surface area contributed by atoms with Gasteiger partial charge in [-0.05, 0) is 66.6 Å². The van der Waals surface area contributed by atoms with Gasteiger partial charge in [0.2, 0.25) is 11.8 Å². The molecular weight excluding hydrogens is 658 g/mol. The summed E-state index contributed by atoms with van der Waals surface area (Å²) in [4.78, 5) is 29.5. The van der Waals surface area contributed by atoms with Crippen molar-refractivity contribution in [3.8, 4) is 11.5 Å². The summed E-state index contributed by atoms with van der Waals surface area (Å²) in [5, 5.41) is 2.86. The molecule has 9 nitrogen and oxygen atoms in total. The number of likely N-dealkylation sites (N-methyl/N-ethyl adjacent to an activating group) is 1. The summed E-state index contributed by atoms with van der Waals surface area (Å²) >= 11 is 3.44. The van der Waals surface area contributed by atoms with E-state index in [2.05, 4.69) is 21.2 Å². The van der Waals surface area contributed by atoms with Gasteiger partial charge in [-0.2, -0.15) is 0 Å². The maximum absolute atomic E-state index is 14.5. The first-order valence-electron chi connectivity index (χ1n) is 14.3. The zero-order valence-corrected chi connectivity index (χ0v) is 27.8. The predicted molar refractivity (Wildman–Crippen MR) is 178 cm³/mol. The number of hydrogen-bond acceptors (Lipinski definition) is 6. The fourth-order valence-electron chi connectivity index (χ4n) is 4.86. The van der Waals surface area contributed by atoms with Crippen LogP contribution in [0.4, 0.5) is 5.69 Å². The molecule has 0 aliphatic heterocycles. The normalized spacial score (nSPS) is 11.7. The molecule has 4 rings (SSSR count). The Morgan fingerprint density at radius 2 is 1.47 bits per heavy atom. The highest BCUT2D eigenvalue weighted by atomic mass is 79.9. The van der Waals surface area contributed by atoms with Crippen LogP contribution in [0, 0.1) is 0 Å². The monoisotopic (exact) mass is 693 g/mol. The van der Waals surface area contributed by atoms with Gasteiger partial charge in [0.05, 0.1) is 24.8 Å². The molecule has 0 fully saturated rings. The van der Waals surface area contributed by atoms with E-state index in [9.17, 15) is 18.0 Å². The van der Waals surface area contributed by atoms with E-state index in [0.717, 1.165) is 19.9 Å². The van der Waals surface area contributed by atoms with E-state index < -0.39 is 28.5 Å². The third-order valence-electron chi connectivity index (χ3n) is 7.17. The highest BCUT2D eigenvalue weighted by molar-refractivity contribution is 9.10. The highest BCUT2D eigenvalue weighted by Crippen LogP contribution is 2.33. The first-order valence-corrected chi connectivity index (χ1v) is 16.6. The van der Waals surface area contributed by atoms with Crippen LogP contribution in [0.3, 0.4) is 0 Å². The second kappa shape index (κ2) is 15.6. The topological polar surface area (TPSA) is 105 Å². The minimum atomic E-state index is -4.29. The van der Waals surface area contributed by atoms with Gasteiger partial charge >= 0.3 is 0 Å². The van der Waals surface area contributed by atoms with Crippen molar-refractivity contribution in [1.82, 2.24) is 10.2 Å². The summed E-state index contributed by atoms with van der Waals surface area (Å²) < 4.78 is 41.1. The van der Waals surface area contributed by atoms with Crippen LogP contribution >= 0.6 is 15.9 Å². The number of methoxy groups -OCH3 is 2. The second-order valence-corrected chi connectivity index (χ2v) is 12.9. The molecule has 45 heavy (non-hydrogen) atoms. The Labute approximate surface area is 273 Å². The zero-order chi connectivity index (χ0) is 32.4. The summed E-state index contributed by atoms with van der Waals surface area (Å²) in [5.41, 5.74) is 1.82. The summed E-state index contributed by atoms with van der Waals surface area (Å²) in [6.45, 7) is 1.66. The van der Waals surface area contributed by atoms with E-state index in [0.29, 0.717) is 12.3 Å². The smallest absolute Gasteiger partial charge is 0.264 e. The molecule has 2 amide bonds. The number of para-hydroxylation sites is 2. The summed E-state index contributed by atoms with van der Waals surface area (Å²) in [7, 11) is -1.37. The molecule has 11 heteroatoms. The number of carbonyl (C=O) groups is 2. The van der Waals surface area contributed by atoms with Gasteiger partial charge in [0.1, 0.15) is 24.1 Å². The van der Waals surface area contributed by atoms with Crippen LogP contribution in [0.5, 0.6) is 11.5 Å². The van der Waals surface area contributed by atoms with Gasteiger partial charge in [-0.25, -0.2) is 8.42 Å². The maximum atomic E-state index is 14.5. The minimum Gasteiger partial charge on any atom is -0.497 e. The fraction of sp³-hybridized carbons (Fsp3) is 0.235. The van der Waals surface area contributed by atoms with Crippen molar-refractivity contribution >= 4 is 43.5 Å². The molecule has 1 atom stereocenters. The van der Waals surface area contributed by atoms with Crippen molar-refractivity contribution in [3.05, 3.63) is 119 Å². The number of anilines is 1. The third kappa shape index (κ3) is 8.43. The molecule has 236 valence electrons. The van der Waals surface area contributed by atoms with Crippen LogP contribution in [-0.4, -0.2) is 58.5 Å². The van der Waals surface area contributed by atoms with Crippen LogP contribution in [0.1, 0.15) is 18.1 Å². The van der Waals surface area contributed by atoms with Crippen molar-refractivity contribution in [3.63, 3.8) is 0 Å². The van der Waals surface area contributed by atoms with E-state index in [1.165, 1.54) is 31.3 Å². The average molecular weight is 695 g/mol. The van der Waals surface area contributed by atoms with Crippen molar-refractivity contribution in [2.24, 2.45) is 0 Å². The van der Waals surface area contributed by atoms with E-state index in [4.69, 9.17) is 9.47 Å². The quantitative estimate of drug-likeness (QED) is 0.189. The number of amides is 2. The molecule has 0 radical (unpaired) electrons. The molecule has 4 aromatic carbocycles. The Hall–Kier alpha value is -4.35. The van der Waals surface area contributed by atoms with Gasteiger partial charge in [-0.1, -0.05) is 70.5 Å². The molecule has 0 spiro atoms. The van der Waals surface area contributed by atoms with Crippen molar-refractivity contribution in [1.29, 1.82) is 0 Å². The Kier molecular flexibility index (Phi) is 11.6. The molecule has 0 heterocycles. The Morgan fingerprint density at radius 3 is 2.09 bits per heavy atom. The van der Waals surface area contributed by atoms with Gasteiger partial charge in [0.25, 0.3) is 10.0 Å². The lowest BCUT2D eigenvalue weighted by Crippen LogP contribution is -2.53. The van der Waals surface area contributed by atoms with Crippen LogP contribution in [0.2, 0.25) is 0 Å². The third-order valence-corrected chi connectivity index (χ3v) is 9.47. The number of ether oxygens (including phenoxy) is 2. The molecule has 0 aromatic heterocycles. The number of sulfonamides is 1. The van der Waals surface area contributed by atoms with Crippen molar-refractivity contribution in [2.45, 2.75) is 30.8 Å². The van der Waals surface area contributed by atoms with Crippen molar-refractivity contribution in [2.75, 3.05) is 31.6 Å². The van der Waals surface area contributed by atoms with Crippen molar-refractivity contribution < 1.29 is 27.5 Å². The first kappa shape index (κ1) is 33.5. The van der Waals surface area contributed by atoms with Crippen LogP contribution in [0.15, 0.2) is 112 Å². The number of benzene rings is 4. The fourth-order valence-corrected chi connectivity index (χ4v) is 6.55.